The first-order valence-corrected chi connectivity index (χ1v) is 16.4. The summed E-state index contributed by atoms with van der Waals surface area (Å²) in [6.45, 7) is 4.03. The minimum absolute atomic E-state index is 0.00603. The van der Waals surface area contributed by atoms with E-state index >= 15 is 0 Å². The number of nitrogens with one attached hydrogen (secondary N) is 1. The van der Waals surface area contributed by atoms with Gasteiger partial charge in [0.2, 0.25) is 21.8 Å². The lowest BCUT2D eigenvalue weighted by atomic mass is 10.0. The van der Waals surface area contributed by atoms with E-state index in [4.69, 9.17) is 32.7 Å². The van der Waals surface area contributed by atoms with Crippen LogP contribution in [-0.2, 0) is 32.6 Å². The number of carbonyl (C=O) groups is 2. The molecule has 2 amide bonds. The lowest BCUT2D eigenvalue weighted by Gasteiger charge is -2.34. The summed E-state index contributed by atoms with van der Waals surface area (Å²) in [5.41, 5.74) is 1.73. The summed E-state index contributed by atoms with van der Waals surface area (Å²) in [4.78, 5) is 29.3. The van der Waals surface area contributed by atoms with Gasteiger partial charge in [-0.15, -0.1) is 0 Å². The number of halogens is 2. The highest BCUT2D eigenvalue weighted by atomic mass is 35.5. The maximum atomic E-state index is 14.3. The Morgan fingerprint density at radius 1 is 0.907 bits per heavy atom. The van der Waals surface area contributed by atoms with Gasteiger partial charge in [0, 0.05) is 25.6 Å². The molecule has 1 heterocycles. The van der Waals surface area contributed by atoms with E-state index in [0.29, 0.717) is 53.3 Å². The molecule has 0 radical (unpaired) electrons. The molecule has 1 aliphatic rings. The number of rotatable bonds is 13. The van der Waals surface area contributed by atoms with E-state index in [1.807, 2.05) is 37.3 Å². The van der Waals surface area contributed by atoms with Crippen molar-refractivity contribution in [2.75, 3.05) is 36.4 Å². The van der Waals surface area contributed by atoms with Crippen molar-refractivity contribution in [2.45, 2.75) is 39.3 Å². The molecule has 0 spiro atoms. The second kappa shape index (κ2) is 14.8. The summed E-state index contributed by atoms with van der Waals surface area (Å²) in [6, 6.07) is 18.1. The minimum atomic E-state index is -3.92. The third-order valence-corrected chi connectivity index (χ3v) is 9.43. The van der Waals surface area contributed by atoms with Crippen LogP contribution in [0.2, 0.25) is 10.0 Å². The Labute approximate surface area is 262 Å². The van der Waals surface area contributed by atoms with Crippen LogP contribution in [0.3, 0.4) is 0 Å². The second-order valence-electron chi connectivity index (χ2n) is 10.0. The van der Waals surface area contributed by atoms with Crippen molar-refractivity contribution in [1.82, 2.24) is 10.2 Å². The summed E-state index contributed by atoms with van der Waals surface area (Å²) in [6.07, 6.45) is 0.922. The Kier molecular flexibility index (Phi) is 11.2. The van der Waals surface area contributed by atoms with Crippen molar-refractivity contribution >= 4 is 50.7 Å². The SMILES string of the molecule is CCCNC(=O)[C@@H](Cc1ccccc1)N(Cc1ccc(Cl)c(Cl)c1)C(=O)CN(c1ccc2c(c1)OCCO2)S(=O)(=O)CC. The Bertz CT molecular complexity index is 1540. The maximum absolute atomic E-state index is 14.3. The van der Waals surface area contributed by atoms with Crippen LogP contribution in [0.25, 0.3) is 0 Å². The second-order valence-corrected chi connectivity index (χ2v) is 13.0. The number of ether oxygens (including phenoxy) is 2. The first-order chi connectivity index (χ1) is 20.6. The minimum Gasteiger partial charge on any atom is -0.486 e. The Morgan fingerprint density at radius 3 is 2.30 bits per heavy atom. The molecule has 0 saturated carbocycles. The third kappa shape index (κ3) is 8.34. The van der Waals surface area contributed by atoms with Gasteiger partial charge in [-0.1, -0.05) is 66.5 Å². The van der Waals surface area contributed by atoms with Crippen molar-refractivity contribution < 1.29 is 27.5 Å². The molecule has 43 heavy (non-hydrogen) atoms. The number of amides is 2. The molecule has 3 aromatic carbocycles. The zero-order valence-corrected chi connectivity index (χ0v) is 26.4. The number of nitrogens with zero attached hydrogens (tertiary/aromatic N) is 2. The smallest absolute Gasteiger partial charge is 0.244 e. The van der Waals surface area contributed by atoms with Gasteiger partial charge < -0.3 is 19.7 Å². The molecule has 1 aliphatic heterocycles. The molecule has 1 atom stereocenters. The Morgan fingerprint density at radius 2 is 1.63 bits per heavy atom. The lowest BCUT2D eigenvalue weighted by Crippen LogP contribution is -2.53. The molecule has 230 valence electrons. The zero-order valence-electron chi connectivity index (χ0n) is 24.1. The Hall–Kier alpha value is -3.47. The highest BCUT2D eigenvalue weighted by molar-refractivity contribution is 7.92. The lowest BCUT2D eigenvalue weighted by molar-refractivity contribution is -0.140. The van der Waals surface area contributed by atoms with E-state index in [2.05, 4.69) is 5.32 Å². The molecule has 0 aliphatic carbocycles. The van der Waals surface area contributed by atoms with Crippen LogP contribution in [0.5, 0.6) is 11.5 Å². The monoisotopic (exact) mass is 647 g/mol. The van der Waals surface area contributed by atoms with Crippen LogP contribution < -0.4 is 19.1 Å². The average Bonchev–Trinajstić information content (AvgIpc) is 3.02. The van der Waals surface area contributed by atoms with Crippen molar-refractivity contribution in [3.8, 4) is 11.5 Å². The summed E-state index contributed by atoms with van der Waals surface area (Å²) in [5.74, 6) is -0.270. The standard InChI is InChI=1S/C31H35Cl2N3O6S/c1-3-14-34-31(38)27(18-22-8-6-5-7-9-22)35(20-23-10-12-25(32)26(33)17-23)30(37)21-36(43(39,40)4-2)24-11-13-28-29(19-24)42-16-15-41-28/h5-13,17,19,27H,3-4,14-16,18,20-21H2,1-2H3,(H,34,38)/t27-/m1/s1. The fourth-order valence-corrected chi connectivity index (χ4v) is 6.04. The summed E-state index contributed by atoms with van der Waals surface area (Å²) >= 11 is 12.4. The van der Waals surface area contributed by atoms with Gasteiger partial charge in [-0.05, 0) is 48.7 Å². The molecule has 0 bridgehead atoms. The predicted octanol–water partition coefficient (Wildman–Crippen LogP) is 5.09. The first kappa shape index (κ1) is 32.4. The normalized spacial score (nSPS) is 13.2. The largest absolute Gasteiger partial charge is 0.486 e. The van der Waals surface area contributed by atoms with Crippen LogP contribution in [0.1, 0.15) is 31.4 Å². The fraction of sp³-hybridized carbons (Fsp3) is 0.355. The molecular weight excluding hydrogens is 613 g/mol. The van der Waals surface area contributed by atoms with Gasteiger partial charge in [0.05, 0.1) is 21.5 Å². The zero-order chi connectivity index (χ0) is 31.0. The topological polar surface area (TPSA) is 105 Å². The Balaban J connectivity index is 1.75. The quantitative estimate of drug-likeness (QED) is 0.277. The number of carbonyl (C=O) groups excluding carboxylic acids is 2. The van der Waals surface area contributed by atoms with Gasteiger partial charge in [0.25, 0.3) is 0 Å². The van der Waals surface area contributed by atoms with Gasteiger partial charge in [-0.3, -0.25) is 13.9 Å². The van der Waals surface area contributed by atoms with E-state index in [-0.39, 0.29) is 30.3 Å². The number of anilines is 1. The molecule has 9 nitrogen and oxygen atoms in total. The van der Waals surface area contributed by atoms with Crippen LogP contribution in [0, 0.1) is 0 Å². The van der Waals surface area contributed by atoms with Gasteiger partial charge in [-0.25, -0.2) is 8.42 Å². The van der Waals surface area contributed by atoms with E-state index < -0.39 is 28.5 Å². The van der Waals surface area contributed by atoms with E-state index in [0.717, 1.165) is 9.87 Å². The molecule has 12 heteroatoms. The number of hydrogen-bond donors (Lipinski definition) is 1. The van der Waals surface area contributed by atoms with Crippen LogP contribution in [0.4, 0.5) is 5.69 Å². The van der Waals surface area contributed by atoms with Crippen LogP contribution >= 0.6 is 23.2 Å². The first-order valence-electron chi connectivity index (χ1n) is 14.1. The van der Waals surface area contributed by atoms with Gasteiger partial charge >= 0.3 is 0 Å². The maximum Gasteiger partial charge on any atom is 0.244 e. The van der Waals surface area contributed by atoms with Crippen LogP contribution in [-0.4, -0.2) is 63.2 Å². The average molecular weight is 649 g/mol. The number of benzene rings is 3. The van der Waals surface area contributed by atoms with Crippen LogP contribution in [0.15, 0.2) is 66.7 Å². The molecule has 0 unspecified atom stereocenters. The van der Waals surface area contributed by atoms with E-state index in [9.17, 15) is 18.0 Å². The fourth-order valence-electron chi connectivity index (χ4n) is 4.66. The van der Waals surface area contributed by atoms with Gasteiger partial charge in [0.1, 0.15) is 25.8 Å². The molecule has 4 rings (SSSR count). The predicted molar refractivity (Wildman–Crippen MR) is 168 cm³/mol. The van der Waals surface area contributed by atoms with Crippen molar-refractivity contribution in [1.29, 1.82) is 0 Å². The van der Waals surface area contributed by atoms with E-state index in [1.54, 1.807) is 36.4 Å². The number of hydrogen-bond acceptors (Lipinski definition) is 6. The highest BCUT2D eigenvalue weighted by Gasteiger charge is 2.34. The molecule has 3 aromatic rings. The molecule has 0 aromatic heterocycles. The van der Waals surface area contributed by atoms with Crippen molar-refractivity contribution in [3.63, 3.8) is 0 Å². The molecule has 0 fully saturated rings. The van der Waals surface area contributed by atoms with Crippen molar-refractivity contribution in [3.05, 3.63) is 87.9 Å². The summed E-state index contributed by atoms with van der Waals surface area (Å²) < 4.78 is 39.1. The molecular formula is C31H35Cl2N3O6S. The van der Waals surface area contributed by atoms with E-state index in [1.165, 1.54) is 11.8 Å². The highest BCUT2D eigenvalue weighted by Crippen LogP contribution is 2.35. The number of fused-ring (bicyclic) bond motifs is 1. The molecule has 0 saturated heterocycles. The molecule has 1 N–H and O–H groups in total. The third-order valence-electron chi connectivity index (χ3n) is 6.95. The van der Waals surface area contributed by atoms with Gasteiger partial charge in [0.15, 0.2) is 11.5 Å². The van der Waals surface area contributed by atoms with Crippen molar-refractivity contribution in [2.24, 2.45) is 0 Å². The number of sulfonamides is 1. The summed E-state index contributed by atoms with van der Waals surface area (Å²) in [7, 11) is -3.92. The van der Waals surface area contributed by atoms with Gasteiger partial charge in [-0.2, -0.15) is 0 Å². The summed E-state index contributed by atoms with van der Waals surface area (Å²) in [5, 5.41) is 3.56.